The molecule has 0 radical (unpaired) electrons. The van der Waals surface area contributed by atoms with Crippen molar-refractivity contribution in [2.75, 3.05) is 6.54 Å². The summed E-state index contributed by atoms with van der Waals surface area (Å²) in [6.45, 7) is -1.15. The summed E-state index contributed by atoms with van der Waals surface area (Å²) in [5.74, 6) is -4.19. The van der Waals surface area contributed by atoms with Gasteiger partial charge >= 0.3 is 12.1 Å². The van der Waals surface area contributed by atoms with Gasteiger partial charge in [-0.25, -0.2) is 0 Å². The van der Waals surface area contributed by atoms with E-state index < -0.39 is 58.9 Å². The first-order valence-electron chi connectivity index (χ1n) is 9.69. The van der Waals surface area contributed by atoms with Crippen molar-refractivity contribution < 1.29 is 37.7 Å². The van der Waals surface area contributed by atoms with Crippen LogP contribution in [0, 0.1) is 11.3 Å². The van der Waals surface area contributed by atoms with Gasteiger partial charge in [0.15, 0.2) is 5.75 Å². The van der Waals surface area contributed by atoms with Gasteiger partial charge in [-0.2, -0.15) is 18.4 Å². The second-order valence-electron chi connectivity index (χ2n) is 7.39. The zero-order valence-electron chi connectivity index (χ0n) is 17.0. The number of alkyl halides is 3. The summed E-state index contributed by atoms with van der Waals surface area (Å²) in [5.41, 5.74) is -2.79. The molecule has 1 aromatic heterocycles. The molecule has 3 N–H and O–H groups in total. The van der Waals surface area contributed by atoms with Crippen LogP contribution in [-0.2, 0) is 17.5 Å². The van der Waals surface area contributed by atoms with Crippen LogP contribution in [-0.4, -0.2) is 33.2 Å². The predicted octanol–water partition coefficient (Wildman–Crippen LogP) is 2.55. The van der Waals surface area contributed by atoms with E-state index in [1.807, 2.05) is 11.4 Å². The first-order valence-corrected chi connectivity index (χ1v) is 9.69. The minimum atomic E-state index is -4.86. The average Bonchev–Trinajstić information content (AvgIpc) is 2.79. The van der Waals surface area contributed by atoms with Gasteiger partial charge in [0.25, 0.3) is 11.5 Å². The van der Waals surface area contributed by atoms with Gasteiger partial charge < -0.3 is 20.3 Å². The highest BCUT2D eigenvalue weighted by Gasteiger charge is 2.40. The Morgan fingerprint density at radius 2 is 1.88 bits per heavy atom. The molecule has 1 aliphatic rings. The van der Waals surface area contributed by atoms with Crippen LogP contribution in [0.1, 0.15) is 33.2 Å². The number of carbonyl (C=O) groups excluding carboxylic acids is 1. The number of benzene rings is 2. The monoisotopic (exact) mass is 473 g/mol. The maximum absolute atomic E-state index is 13.7. The zero-order valence-corrected chi connectivity index (χ0v) is 17.0. The molecule has 0 fully saturated rings. The van der Waals surface area contributed by atoms with E-state index in [9.17, 15) is 32.7 Å². The topological polar surface area (TPSA) is 142 Å². The highest BCUT2D eigenvalue weighted by atomic mass is 19.4. The van der Waals surface area contributed by atoms with Crippen molar-refractivity contribution in [2.45, 2.75) is 18.8 Å². The molecule has 2 heterocycles. The number of nitrogens with one attached hydrogen (secondary N) is 1. The molecule has 0 saturated carbocycles. The maximum Gasteiger partial charge on any atom is 0.420 e. The lowest BCUT2D eigenvalue weighted by Gasteiger charge is -2.30. The second kappa shape index (κ2) is 8.11. The van der Waals surface area contributed by atoms with Gasteiger partial charge in [0.05, 0.1) is 29.3 Å². The SMILES string of the molecule is N#Cc1ccc(C2Cn3c(=O)c(C(=O)NCC(=O)O)c(O)c4ccc(C(F)(F)F)c(c43)O2)cc1. The average molecular weight is 473 g/mol. The molecule has 1 aliphatic heterocycles. The molecule has 1 unspecified atom stereocenters. The van der Waals surface area contributed by atoms with Crippen molar-refractivity contribution in [1.82, 2.24) is 9.88 Å². The minimum absolute atomic E-state index is 0.249. The number of carboxylic acid groups (broad SMARTS) is 1. The van der Waals surface area contributed by atoms with Gasteiger partial charge in [0.2, 0.25) is 0 Å². The van der Waals surface area contributed by atoms with Crippen molar-refractivity contribution >= 4 is 22.8 Å². The van der Waals surface area contributed by atoms with Gasteiger partial charge in [0, 0.05) is 5.39 Å². The molecule has 0 bridgehead atoms. The van der Waals surface area contributed by atoms with Gasteiger partial charge in [-0.3, -0.25) is 19.0 Å². The molecule has 1 amide bonds. The van der Waals surface area contributed by atoms with Crippen LogP contribution in [0.4, 0.5) is 13.2 Å². The number of rotatable bonds is 4. The predicted molar refractivity (Wildman–Crippen MR) is 109 cm³/mol. The number of nitriles is 1. The molecule has 2 aromatic carbocycles. The van der Waals surface area contributed by atoms with Gasteiger partial charge in [0.1, 0.15) is 24.0 Å². The van der Waals surface area contributed by atoms with E-state index in [4.69, 9.17) is 15.1 Å². The molecule has 4 rings (SSSR count). The number of aliphatic carboxylic acids is 1. The van der Waals surface area contributed by atoms with E-state index in [0.717, 1.165) is 10.6 Å². The fourth-order valence-corrected chi connectivity index (χ4v) is 3.76. The molecule has 34 heavy (non-hydrogen) atoms. The van der Waals surface area contributed by atoms with E-state index in [-0.39, 0.29) is 17.4 Å². The van der Waals surface area contributed by atoms with Gasteiger partial charge in [-0.1, -0.05) is 12.1 Å². The number of pyridine rings is 1. The Labute approximate surface area is 188 Å². The minimum Gasteiger partial charge on any atom is -0.506 e. The van der Waals surface area contributed by atoms with Crippen molar-refractivity contribution in [3.63, 3.8) is 0 Å². The van der Waals surface area contributed by atoms with Crippen molar-refractivity contribution in [1.29, 1.82) is 5.26 Å². The van der Waals surface area contributed by atoms with E-state index in [2.05, 4.69) is 0 Å². The number of aromatic nitrogens is 1. The zero-order chi connectivity index (χ0) is 24.8. The lowest BCUT2D eigenvalue weighted by atomic mass is 10.0. The van der Waals surface area contributed by atoms with Crippen LogP contribution in [0.2, 0.25) is 0 Å². The van der Waals surface area contributed by atoms with Crippen LogP contribution in [0.3, 0.4) is 0 Å². The maximum atomic E-state index is 13.7. The number of halogens is 3. The summed E-state index contributed by atoms with van der Waals surface area (Å²) in [7, 11) is 0. The lowest BCUT2D eigenvalue weighted by molar-refractivity contribution is -0.139. The molecule has 12 heteroatoms. The standard InChI is InChI=1S/C22H14F3N3O6/c23-22(24,25)13-6-5-12-17-19(13)34-14(11-3-1-10(7-26)2-4-11)9-28(17)21(33)16(18(12)31)20(32)27-8-15(29)30/h1-6,14,31H,8-9H2,(H,27,32)(H,29,30). The third-order valence-electron chi connectivity index (χ3n) is 5.31. The summed E-state index contributed by atoms with van der Waals surface area (Å²) >= 11 is 0. The summed E-state index contributed by atoms with van der Waals surface area (Å²) < 4.78 is 47.8. The Morgan fingerprint density at radius 3 is 2.47 bits per heavy atom. The van der Waals surface area contributed by atoms with Crippen molar-refractivity contribution in [2.24, 2.45) is 0 Å². The Hall–Kier alpha value is -4.53. The number of nitrogens with zero attached hydrogens (tertiary/aromatic N) is 2. The number of aromatic hydroxyl groups is 1. The Kier molecular flexibility index (Phi) is 5.40. The van der Waals surface area contributed by atoms with E-state index in [1.165, 1.54) is 24.3 Å². The summed E-state index contributed by atoms with van der Waals surface area (Å²) in [4.78, 5) is 36.4. The quantitative estimate of drug-likeness (QED) is 0.529. The number of carboxylic acids is 1. The first kappa shape index (κ1) is 22.7. The third kappa shape index (κ3) is 3.77. The van der Waals surface area contributed by atoms with E-state index in [0.29, 0.717) is 17.2 Å². The molecule has 0 spiro atoms. The molecule has 9 nitrogen and oxygen atoms in total. The van der Waals surface area contributed by atoms with Crippen LogP contribution in [0.5, 0.6) is 11.5 Å². The molecular formula is C22H14F3N3O6. The van der Waals surface area contributed by atoms with Gasteiger partial charge in [-0.15, -0.1) is 0 Å². The molecule has 1 atom stereocenters. The Morgan fingerprint density at radius 1 is 1.21 bits per heavy atom. The highest BCUT2D eigenvalue weighted by molar-refractivity contribution is 6.04. The van der Waals surface area contributed by atoms with Crippen molar-refractivity contribution in [3.8, 4) is 17.6 Å². The van der Waals surface area contributed by atoms with Crippen LogP contribution < -0.4 is 15.6 Å². The normalized spacial score (nSPS) is 14.8. The molecule has 0 aliphatic carbocycles. The molecule has 174 valence electrons. The van der Waals surface area contributed by atoms with Crippen molar-refractivity contribution in [3.05, 3.63) is 69.0 Å². The fourth-order valence-electron chi connectivity index (χ4n) is 3.76. The number of hydrogen-bond acceptors (Lipinski definition) is 6. The number of ether oxygens (including phenoxy) is 1. The fraction of sp³-hybridized carbons (Fsp3) is 0.182. The van der Waals surface area contributed by atoms with Crippen LogP contribution in [0.15, 0.2) is 41.2 Å². The number of hydrogen-bond donors (Lipinski definition) is 3. The first-order chi connectivity index (χ1) is 16.0. The molecule has 0 saturated heterocycles. The Balaban J connectivity index is 1.96. The van der Waals surface area contributed by atoms with Crippen LogP contribution >= 0.6 is 0 Å². The summed E-state index contributed by atoms with van der Waals surface area (Å²) in [6, 6.07) is 9.28. The van der Waals surface area contributed by atoms with E-state index >= 15 is 0 Å². The lowest BCUT2D eigenvalue weighted by Crippen LogP contribution is -2.38. The van der Waals surface area contributed by atoms with Crippen LogP contribution in [0.25, 0.3) is 10.9 Å². The number of carbonyl (C=O) groups is 2. The Bertz CT molecular complexity index is 1440. The summed E-state index contributed by atoms with van der Waals surface area (Å²) in [6.07, 6.45) is -5.95. The third-order valence-corrected chi connectivity index (χ3v) is 5.31. The molecular weight excluding hydrogens is 459 g/mol. The highest BCUT2D eigenvalue weighted by Crippen LogP contribution is 2.46. The number of amides is 1. The van der Waals surface area contributed by atoms with E-state index in [1.54, 1.807) is 0 Å². The largest absolute Gasteiger partial charge is 0.506 e. The second-order valence-corrected chi connectivity index (χ2v) is 7.39. The smallest absolute Gasteiger partial charge is 0.420 e. The summed E-state index contributed by atoms with van der Waals surface area (Å²) in [5, 5.41) is 30.0. The molecule has 3 aromatic rings. The van der Waals surface area contributed by atoms with Gasteiger partial charge in [-0.05, 0) is 29.8 Å².